The van der Waals surface area contributed by atoms with Gasteiger partial charge in [-0.05, 0) is 94.1 Å². The van der Waals surface area contributed by atoms with Crippen LogP contribution in [0.1, 0.15) is 114 Å². The highest BCUT2D eigenvalue weighted by molar-refractivity contribution is 6.25. The Hall–Kier alpha value is -5.16. The fourth-order valence-corrected chi connectivity index (χ4v) is 12.9. The molecule has 0 spiro atoms. The van der Waals surface area contributed by atoms with Gasteiger partial charge in [0.05, 0.1) is 29.0 Å². The van der Waals surface area contributed by atoms with Crippen LogP contribution in [0.2, 0.25) is 0 Å². The number of amides is 1. The van der Waals surface area contributed by atoms with Crippen LogP contribution < -0.4 is 30.5 Å². The van der Waals surface area contributed by atoms with Gasteiger partial charge >= 0.3 is 0 Å². The molecule has 4 N–H and O–H groups in total. The molecule has 1 amide bonds. The zero-order valence-corrected chi connectivity index (χ0v) is 45.3. The van der Waals surface area contributed by atoms with Crippen molar-refractivity contribution in [3.8, 4) is 5.88 Å². The van der Waals surface area contributed by atoms with Crippen LogP contribution in [-0.4, -0.2) is 148 Å². The Morgan fingerprint density at radius 3 is 2.36 bits per heavy atom. The summed E-state index contributed by atoms with van der Waals surface area (Å²) in [5.41, 5.74) is 4.04. The molecule has 396 valence electrons. The summed E-state index contributed by atoms with van der Waals surface area (Å²) in [5, 5.41) is 24.6. The van der Waals surface area contributed by atoms with E-state index in [1.165, 1.54) is 6.42 Å². The standard InChI is InChI=1S/C56H81ClN12O4/c1-8-41-37-62-69-47(32-48(63-50(41)69)68-23-10-9-12-43(68)21-30-70)59-34-40-13-18-49(61-35-40)72-31-11-22-65-26-28-66(29-27-65)38-39-19-24-67(25-20-39)46-17-14-42(36-60-46)51(71)64-52-54(2,3)53(55(52,4)5)73-44-15-16-45(58-7)56(6,57)33-44/h13-18,32,35-37,39,43,52-53,58-59,70H,8-12,19-31,33-34,38H2,1-7H3,(H,64,71). The van der Waals surface area contributed by atoms with Crippen LogP contribution in [0, 0.1) is 16.7 Å². The molecule has 0 bridgehead atoms. The molecule has 3 saturated heterocycles. The average Bonchev–Trinajstić information content (AvgIpc) is 3.82. The Kier molecular flexibility index (Phi) is 16.4. The van der Waals surface area contributed by atoms with Gasteiger partial charge in [0, 0.05) is 144 Å². The number of aliphatic hydroxyl groups is 1. The smallest absolute Gasteiger partial charge is 0.253 e. The van der Waals surface area contributed by atoms with Crippen molar-refractivity contribution in [2.75, 3.05) is 94.3 Å². The minimum atomic E-state index is -0.546. The van der Waals surface area contributed by atoms with Gasteiger partial charge < -0.3 is 50.1 Å². The summed E-state index contributed by atoms with van der Waals surface area (Å²) < 4.78 is 14.6. The fourth-order valence-electron chi connectivity index (χ4n) is 12.6. The lowest BCUT2D eigenvalue weighted by atomic mass is 9.49. The molecule has 1 saturated carbocycles. The zero-order valence-electron chi connectivity index (χ0n) is 44.5. The number of halogens is 1. The number of hydrogen-bond acceptors (Lipinski definition) is 14. The second kappa shape index (κ2) is 22.8. The summed E-state index contributed by atoms with van der Waals surface area (Å²) in [6, 6.07) is 10.3. The number of ether oxygens (including phenoxy) is 2. The van der Waals surface area contributed by atoms with Gasteiger partial charge in [-0.2, -0.15) is 9.61 Å². The molecular formula is C56H81ClN12O4. The van der Waals surface area contributed by atoms with Gasteiger partial charge in [0.2, 0.25) is 5.88 Å². The normalized spacial score (nSPS) is 24.6. The molecule has 4 aromatic heterocycles. The van der Waals surface area contributed by atoms with Gasteiger partial charge in [-0.25, -0.2) is 15.0 Å². The van der Waals surface area contributed by atoms with E-state index in [1.54, 1.807) is 6.20 Å². The lowest BCUT2D eigenvalue weighted by Crippen LogP contribution is -2.73. The van der Waals surface area contributed by atoms with Crippen molar-refractivity contribution in [3.05, 3.63) is 89.2 Å². The van der Waals surface area contributed by atoms with E-state index in [0.29, 0.717) is 43.0 Å². The maximum absolute atomic E-state index is 13.6. The van der Waals surface area contributed by atoms with Gasteiger partial charge in [-0.15, -0.1) is 11.6 Å². The molecule has 5 aliphatic rings. The number of piperidine rings is 2. The minimum absolute atomic E-state index is 0.0747. The summed E-state index contributed by atoms with van der Waals surface area (Å²) in [6.07, 6.45) is 18.3. The van der Waals surface area contributed by atoms with E-state index in [4.69, 9.17) is 31.0 Å². The second-order valence-corrected chi connectivity index (χ2v) is 23.4. The molecular weight excluding hydrogens is 940 g/mol. The molecule has 17 heteroatoms. The van der Waals surface area contributed by atoms with Crippen molar-refractivity contribution in [2.45, 2.75) is 129 Å². The molecule has 3 aliphatic heterocycles. The van der Waals surface area contributed by atoms with E-state index >= 15 is 0 Å². The molecule has 16 nitrogen and oxygen atoms in total. The van der Waals surface area contributed by atoms with E-state index in [1.807, 2.05) is 61.2 Å². The van der Waals surface area contributed by atoms with E-state index in [-0.39, 0.29) is 35.5 Å². The number of carbonyl (C=O) groups is 1. The Morgan fingerprint density at radius 2 is 1.67 bits per heavy atom. The van der Waals surface area contributed by atoms with Crippen molar-refractivity contribution in [1.29, 1.82) is 0 Å². The molecule has 7 heterocycles. The van der Waals surface area contributed by atoms with Gasteiger partial charge in [-0.1, -0.05) is 40.7 Å². The maximum atomic E-state index is 13.6. The molecule has 0 radical (unpaired) electrons. The van der Waals surface area contributed by atoms with Crippen LogP contribution in [0.3, 0.4) is 0 Å². The third-order valence-corrected chi connectivity index (χ3v) is 16.9. The number of pyridine rings is 2. The highest BCUT2D eigenvalue weighted by Crippen LogP contribution is 2.57. The molecule has 2 unspecified atom stereocenters. The van der Waals surface area contributed by atoms with Crippen molar-refractivity contribution >= 4 is 40.6 Å². The topological polar surface area (TPSA) is 161 Å². The molecule has 2 atom stereocenters. The average molecular weight is 1020 g/mol. The highest BCUT2D eigenvalue weighted by atomic mass is 35.5. The van der Waals surface area contributed by atoms with E-state index < -0.39 is 4.87 Å². The molecule has 0 aromatic carbocycles. The second-order valence-electron chi connectivity index (χ2n) is 22.5. The summed E-state index contributed by atoms with van der Waals surface area (Å²) in [5.74, 6) is 4.87. The Morgan fingerprint density at radius 1 is 0.890 bits per heavy atom. The Bertz CT molecular complexity index is 2530. The molecule has 4 aromatic rings. The number of piperazine rings is 1. The fraction of sp³-hybridized carbons (Fsp3) is 0.625. The van der Waals surface area contributed by atoms with Crippen LogP contribution in [0.15, 0.2) is 72.5 Å². The number of hydrogen-bond donors (Lipinski definition) is 4. The number of carbonyl (C=O) groups excluding carboxylic acids is 1. The lowest BCUT2D eigenvalue weighted by molar-refractivity contribution is -0.191. The maximum Gasteiger partial charge on any atom is 0.253 e. The Balaban J connectivity index is 0.657. The SMILES string of the molecule is CCc1cnn2c(NCc3ccc(OCCCN4CCN(CC5CCN(c6ccc(C(=O)NC7C(C)(C)C(OC8=CC=C(NC)C(C)(Cl)C8)C7(C)C)cn6)CC5)CC4)nc3)cc(N3CCCCC3CCO)nc12. The van der Waals surface area contributed by atoms with Gasteiger partial charge in [-0.3, -0.25) is 4.79 Å². The van der Waals surface area contributed by atoms with Crippen LogP contribution in [0.25, 0.3) is 5.65 Å². The van der Waals surface area contributed by atoms with Gasteiger partial charge in [0.1, 0.15) is 23.6 Å². The van der Waals surface area contributed by atoms with Crippen molar-refractivity contribution in [3.63, 3.8) is 0 Å². The monoisotopic (exact) mass is 1020 g/mol. The molecule has 2 aliphatic carbocycles. The van der Waals surface area contributed by atoms with Gasteiger partial charge in [0.25, 0.3) is 5.91 Å². The molecule has 4 fully saturated rings. The number of fused-ring (bicyclic) bond motifs is 1. The number of aryl methyl sites for hydroxylation is 1. The summed E-state index contributed by atoms with van der Waals surface area (Å²) >= 11 is 6.83. The number of aromatic nitrogens is 5. The third kappa shape index (κ3) is 11.9. The predicted octanol–water partition coefficient (Wildman–Crippen LogP) is 7.68. The zero-order chi connectivity index (χ0) is 51.3. The Labute approximate surface area is 438 Å². The number of alkyl halides is 1. The lowest BCUT2D eigenvalue weighted by Gasteiger charge is -2.63. The van der Waals surface area contributed by atoms with E-state index in [2.05, 4.69) is 92.4 Å². The predicted molar refractivity (Wildman–Crippen MR) is 291 cm³/mol. The van der Waals surface area contributed by atoms with Crippen molar-refractivity contribution in [2.24, 2.45) is 16.7 Å². The molecule has 73 heavy (non-hydrogen) atoms. The van der Waals surface area contributed by atoms with Crippen LogP contribution in [0.5, 0.6) is 5.88 Å². The molecule has 9 rings (SSSR count). The van der Waals surface area contributed by atoms with Crippen LogP contribution in [0.4, 0.5) is 17.5 Å². The summed E-state index contributed by atoms with van der Waals surface area (Å²) in [6.45, 7) is 23.6. The summed E-state index contributed by atoms with van der Waals surface area (Å²) in [7, 11) is 1.89. The quantitative estimate of drug-likeness (QED) is 0.0504. The first kappa shape index (κ1) is 52.7. The van der Waals surface area contributed by atoms with Crippen LogP contribution >= 0.6 is 11.6 Å². The summed E-state index contributed by atoms with van der Waals surface area (Å²) in [4.78, 5) is 37.5. The number of nitrogens with one attached hydrogen (secondary N) is 3. The number of anilines is 3. The number of rotatable bonds is 20. The van der Waals surface area contributed by atoms with Crippen molar-refractivity contribution < 1.29 is 19.4 Å². The van der Waals surface area contributed by atoms with Crippen molar-refractivity contribution in [1.82, 2.24) is 45.0 Å². The number of aliphatic hydroxyl groups excluding tert-OH is 1. The third-order valence-electron chi connectivity index (χ3n) is 16.5. The van der Waals surface area contributed by atoms with Crippen LogP contribution in [-0.2, 0) is 17.7 Å². The largest absolute Gasteiger partial charge is 0.493 e. The van der Waals surface area contributed by atoms with E-state index in [9.17, 15) is 9.90 Å². The first-order valence-electron chi connectivity index (χ1n) is 27.1. The van der Waals surface area contributed by atoms with E-state index in [0.717, 1.165) is 150 Å². The minimum Gasteiger partial charge on any atom is -0.493 e. The first-order valence-corrected chi connectivity index (χ1v) is 27.5. The first-order chi connectivity index (χ1) is 35.2. The van der Waals surface area contributed by atoms with Gasteiger partial charge in [0.15, 0.2) is 5.65 Å². The number of allylic oxidation sites excluding steroid dienone is 4. The highest BCUT2D eigenvalue weighted by Gasteiger charge is 2.64. The number of nitrogens with zero attached hydrogens (tertiary/aromatic N) is 9.